The highest BCUT2D eigenvalue weighted by Crippen LogP contribution is 2.21. The van der Waals surface area contributed by atoms with Crippen molar-refractivity contribution >= 4 is 34.7 Å². The summed E-state index contributed by atoms with van der Waals surface area (Å²) in [5, 5.41) is 11.0. The van der Waals surface area contributed by atoms with Crippen LogP contribution in [0.3, 0.4) is 0 Å². The number of H-pyrrole nitrogens is 1. The average molecular weight is 289 g/mol. The van der Waals surface area contributed by atoms with Crippen LogP contribution in [0.5, 0.6) is 0 Å². The van der Waals surface area contributed by atoms with Crippen molar-refractivity contribution in [2.24, 2.45) is 0 Å². The molecule has 0 fully saturated rings. The van der Waals surface area contributed by atoms with Crippen molar-refractivity contribution in [3.8, 4) is 0 Å². The molecule has 2 N–H and O–H groups in total. The zero-order valence-electron chi connectivity index (χ0n) is 9.36. The molecule has 0 saturated carbocycles. The van der Waals surface area contributed by atoms with E-state index in [0.717, 1.165) is 34.2 Å². The second-order valence-electron chi connectivity index (χ2n) is 3.43. The van der Waals surface area contributed by atoms with Crippen molar-refractivity contribution in [2.45, 2.75) is 18.6 Å². The Hall–Kier alpha value is -0.560. The molecule has 0 radical (unpaired) electrons. The molecule has 0 unspecified atom stereocenters. The lowest BCUT2D eigenvalue weighted by molar-refractivity contribution is 0.740. The van der Waals surface area contributed by atoms with Crippen LogP contribution in [0.15, 0.2) is 17.3 Å². The fraction of sp³-hybridized carbons (Fsp3) is 0.400. The summed E-state index contributed by atoms with van der Waals surface area (Å²) in [4.78, 5) is 5.48. The smallest absolute Gasteiger partial charge is 0.208 e. The van der Waals surface area contributed by atoms with Crippen LogP contribution < -0.4 is 5.32 Å². The van der Waals surface area contributed by atoms with Crippen molar-refractivity contribution in [3.63, 3.8) is 0 Å². The second kappa shape index (κ2) is 6.39. The van der Waals surface area contributed by atoms with Gasteiger partial charge in [-0.3, -0.25) is 5.10 Å². The van der Waals surface area contributed by atoms with E-state index in [9.17, 15) is 0 Å². The lowest BCUT2D eigenvalue weighted by Gasteiger charge is -2.00. The average Bonchev–Trinajstić information content (AvgIpc) is 2.88. The third-order valence-electron chi connectivity index (χ3n) is 2.01. The van der Waals surface area contributed by atoms with Gasteiger partial charge in [-0.15, -0.1) is 16.4 Å². The van der Waals surface area contributed by atoms with Gasteiger partial charge in [0.2, 0.25) is 5.16 Å². The molecule has 92 valence electrons. The molecule has 2 aromatic heterocycles. The molecule has 0 aliphatic rings. The van der Waals surface area contributed by atoms with E-state index in [1.807, 2.05) is 19.1 Å². The molecule has 2 heterocycles. The molecule has 7 heteroatoms. The molecule has 2 aromatic rings. The number of nitrogens with zero attached hydrogens (tertiary/aromatic N) is 2. The molecule has 4 nitrogen and oxygen atoms in total. The Morgan fingerprint density at radius 3 is 3.06 bits per heavy atom. The van der Waals surface area contributed by atoms with Gasteiger partial charge in [0.25, 0.3) is 0 Å². The largest absolute Gasteiger partial charge is 0.311 e. The van der Waals surface area contributed by atoms with Gasteiger partial charge in [-0.25, -0.2) is 4.98 Å². The van der Waals surface area contributed by atoms with Gasteiger partial charge in [0.05, 0.1) is 4.34 Å². The van der Waals surface area contributed by atoms with Crippen molar-refractivity contribution in [1.29, 1.82) is 0 Å². The highest BCUT2D eigenvalue weighted by Gasteiger charge is 2.00. The maximum atomic E-state index is 5.85. The van der Waals surface area contributed by atoms with Crippen LogP contribution >= 0.6 is 34.7 Å². The molecule has 0 aliphatic carbocycles. The van der Waals surface area contributed by atoms with Gasteiger partial charge in [0, 0.05) is 23.7 Å². The molecular weight excluding hydrogens is 276 g/mol. The predicted molar refractivity (Wildman–Crippen MR) is 72.9 cm³/mol. The van der Waals surface area contributed by atoms with Gasteiger partial charge in [0.1, 0.15) is 5.82 Å². The van der Waals surface area contributed by atoms with Gasteiger partial charge in [-0.05, 0) is 19.1 Å². The monoisotopic (exact) mass is 288 g/mol. The summed E-state index contributed by atoms with van der Waals surface area (Å²) in [7, 11) is 0. The van der Waals surface area contributed by atoms with E-state index in [0.29, 0.717) is 0 Å². The summed E-state index contributed by atoms with van der Waals surface area (Å²) in [6.45, 7) is 3.69. The summed E-state index contributed by atoms with van der Waals surface area (Å²) in [6.07, 6.45) is 0. The predicted octanol–water partition coefficient (Wildman–Crippen LogP) is 2.71. The Labute approximate surface area is 113 Å². The van der Waals surface area contributed by atoms with Gasteiger partial charge < -0.3 is 5.32 Å². The molecule has 17 heavy (non-hydrogen) atoms. The van der Waals surface area contributed by atoms with Crippen molar-refractivity contribution in [2.75, 3.05) is 12.3 Å². The summed E-state index contributed by atoms with van der Waals surface area (Å²) in [5.74, 6) is 1.81. The van der Waals surface area contributed by atoms with E-state index >= 15 is 0 Å². The highest BCUT2D eigenvalue weighted by atomic mass is 35.5. The zero-order valence-corrected chi connectivity index (χ0v) is 11.8. The standard InChI is InChI=1S/C10H13ClN4S2/c1-7-13-10(15-14-7)16-5-4-12-6-8-2-3-9(11)17-8/h2-3,12H,4-6H2,1H3,(H,13,14,15). The Balaban J connectivity index is 1.60. The number of hydrogen-bond donors (Lipinski definition) is 2. The number of aromatic amines is 1. The molecular formula is C10H13ClN4S2. The number of nitrogens with one attached hydrogen (secondary N) is 2. The van der Waals surface area contributed by atoms with E-state index in [1.165, 1.54) is 4.88 Å². The number of hydrogen-bond acceptors (Lipinski definition) is 5. The van der Waals surface area contributed by atoms with Crippen molar-refractivity contribution < 1.29 is 0 Å². The highest BCUT2D eigenvalue weighted by molar-refractivity contribution is 7.99. The first-order valence-corrected chi connectivity index (χ1v) is 7.39. The maximum Gasteiger partial charge on any atom is 0.208 e. The van der Waals surface area contributed by atoms with E-state index in [-0.39, 0.29) is 0 Å². The first kappa shape index (κ1) is 12.9. The Morgan fingerprint density at radius 1 is 1.53 bits per heavy atom. The fourth-order valence-electron chi connectivity index (χ4n) is 1.26. The third-order valence-corrected chi connectivity index (χ3v) is 4.09. The normalized spacial score (nSPS) is 10.9. The maximum absolute atomic E-state index is 5.85. The minimum absolute atomic E-state index is 0.809. The van der Waals surface area contributed by atoms with Crippen LogP contribution in [0, 0.1) is 6.92 Å². The van der Waals surface area contributed by atoms with Crippen LogP contribution in [0.25, 0.3) is 0 Å². The summed E-state index contributed by atoms with van der Waals surface area (Å²) in [6, 6.07) is 3.97. The molecule has 0 saturated heterocycles. The van der Waals surface area contributed by atoms with E-state index in [1.54, 1.807) is 23.1 Å². The van der Waals surface area contributed by atoms with Crippen LogP contribution in [0.2, 0.25) is 4.34 Å². The number of aromatic nitrogens is 3. The fourth-order valence-corrected chi connectivity index (χ4v) is 3.06. The minimum atomic E-state index is 0.809. The molecule has 0 atom stereocenters. The minimum Gasteiger partial charge on any atom is -0.311 e. The topological polar surface area (TPSA) is 53.6 Å². The lowest BCUT2D eigenvalue weighted by atomic mass is 10.4. The van der Waals surface area contributed by atoms with Crippen molar-refractivity contribution in [1.82, 2.24) is 20.5 Å². The number of rotatable bonds is 6. The number of thiophene rings is 1. The molecule has 0 amide bonds. The number of aryl methyl sites for hydroxylation is 1. The molecule has 2 rings (SSSR count). The van der Waals surface area contributed by atoms with Gasteiger partial charge in [-0.2, -0.15) is 0 Å². The Kier molecular flexibility index (Phi) is 4.85. The van der Waals surface area contributed by atoms with Gasteiger partial charge in [-0.1, -0.05) is 23.4 Å². The number of thioether (sulfide) groups is 1. The SMILES string of the molecule is Cc1nc(SCCNCc2ccc(Cl)s2)n[nH]1. The van der Waals surface area contributed by atoms with E-state index in [4.69, 9.17) is 11.6 Å². The van der Waals surface area contributed by atoms with Crippen LogP contribution in [-0.4, -0.2) is 27.5 Å². The van der Waals surface area contributed by atoms with Crippen LogP contribution in [0.4, 0.5) is 0 Å². The summed E-state index contributed by atoms with van der Waals surface area (Å²) >= 11 is 9.10. The number of halogens is 1. The van der Waals surface area contributed by atoms with Crippen molar-refractivity contribution in [3.05, 3.63) is 27.2 Å². The molecule has 0 aliphatic heterocycles. The Bertz CT molecular complexity index is 426. The van der Waals surface area contributed by atoms with E-state index in [2.05, 4.69) is 20.5 Å². The first-order valence-electron chi connectivity index (χ1n) is 5.21. The first-order chi connectivity index (χ1) is 8.24. The van der Waals surface area contributed by atoms with Crippen LogP contribution in [0.1, 0.15) is 10.7 Å². The molecule has 0 bridgehead atoms. The second-order valence-corrected chi connectivity index (χ2v) is 6.30. The van der Waals surface area contributed by atoms with Gasteiger partial charge >= 0.3 is 0 Å². The lowest BCUT2D eigenvalue weighted by Crippen LogP contribution is -2.15. The Morgan fingerprint density at radius 2 is 2.41 bits per heavy atom. The third kappa shape index (κ3) is 4.31. The summed E-state index contributed by atoms with van der Waals surface area (Å²) in [5.41, 5.74) is 0. The molecule has 0 spiro atoms. The summed E-state index contributed by atoms with van der Waals surface area (Å²) < 4.78 is 0.840. The van der Waals surface area contributed by atoms with Crippen LogP contribution in [-0.2, 0) is 6.54 Å². The van der Waals surface area contributed by atoms with Gasteiger partial charge in [0.15, 0.2) is 0 Å². The zero-order chi connectivity index (χ0) is 12.1. The quantitative estimate of drug-likeness (QED) is 0.634. The molecule has 0 aromatic carbocycles. The van der Waals surface area contributed by atoms with E-state index < -0.39 is 0 Å².